The van der Waals surface area contributed by atoms with E-state index in [4.69, 9.17) is 16.6 Å². The Balaban J connectivity index is 1.31. The van der Waals surface area contributed by atoms with E-state index in [1.807, 2.05) is 54.6 Å². The van der Waals surface area contributed by atoms with Crippen LogP contribution in [0.2, 0.25) is 5.02 Å². The molecule has 3 heterocycles. The number of aromatic nitrogens is 4. The van der Waals surface area contributed by atoms with E-state index in [0.29, 0.717) is 28.9 Å². The van der Waals surface area contributed by atoms with Crippen molar-refractivity contribution in [3.63, 3.8) is 0 Å². The Bertz CT molecular complexity index is 1680. The van der Waals surface area contributed by atoms with Gasteiger partial charge in [0.15, 0.2) is 23.2 Å². The number of allylic oxidation sites excluding steroid dienone is 4. The zero-order chi connectivity index (χ0) is 26.0. The summed E-state index contributed by atoms with van der Waals surface area (Å²) in [5.74, 6) is 1.72. The Morgan fingerprint density at radius 1 is 0.947 bits per heavy atom. The van der Waals surface area contributed by atoms with Gasteiger partial charge in [0.25, 0.3) is 0 Å². The summed E-state index contributed by atoms with van der Waals surface area (Å²) in [5.41, 5.74) is 7.57. The Labute approximate surface area is 225 Å². The monoisotopic (exact) mass is 520 g/mol. The number of nitrogens with zero attached hydrogens (tertiary/aromatic N) is 3. The summed E-state index contributed by atoms with van der Waals surface area (Å²) in [4.78, 5) is 21.4. The Kier molecular flexibility index (Phi) is 5.07. The number of ketones is 1. The molecule has 8 heteroatoms. The summed E-state index contributed by atoms with van der Waals surface area (Å²) < 4.78 is 0. The van der Waals surface area contributed by atoms with Gasteiger partial charge in [-0.1, -0.05) is 55.8 Å². The fourth-order valence-electron chi connectivity index (χ4n) is 5.57. The molecule has 1 aliphatic heterocycles. The molecule has 1 atom stereocenters. The highest BCUT2D eigenvalue weighted by Crippen LogP contribution is 2.44. The summed E-state index contributed by atoms with van der Waals surface area (Å²) >= 11 is 6.15. The zero-order valence-electron chi connectivity index (χ0n) is 21.0. The molecule has 38 heavy (non-hydrogen) atoms. The van der Waals surface area contributed by atoms with Gasteiger partial charge in [-0.05, 0) is 65.0 Å². The first-order chi connectivity index (χ1) is 18.3. The molecule has 4 aromatic rings. The van der Waals surface area contributed by atoms with Gasteiger partial charge in [0.05, 0.1) is 17.3 Å². The maximum Gasteiger partial charge on any atom is 0.196 e. The second kappa shape index (κ2) is 8.39. The second-order valence-corrected chi connectivity index (χ2v) is 11.3. The average Bonchev–Trinajstić information content (AvgIpc) is 3.52. The standard InChI is InChI=1S/C30H25ClN6O/c1-30(2)14-25-21(26(38)15-30)13-24(32-25)19-11-17(16-7-9-18(31)10-8-16)12-20(19)27-35-28-29(37-36-27)34-23-6-4-3-5-22(23)33-28/h3-13,20,32H,14-15H2,1-2H3,(H,34,37)(H,33,35,36). The van der Waals surface area contributed by atoms with Crippen LogP contribution in [0.3, 0.4) is 0 Å². The van der Waals surface area contributed by atoms with Crippen LogP contribution in [0.25, 0.3) is 11.1 Å². The van der Waals surface area contributed by atoms with Crippen LogP contribution >= 0.6 is 11.6 Å². The molecule has 2 aromatic heterocycles. The third-order valence-electron chi connectivity index (χ3n) is 7.39. The van der Waals surface area contributed by atoms with Crippen LogP contribution in [-0.2, 0) is 6.42 Å². The maximum atomic E-state index is 12.9. The first kappa shape index (κ1) is 22.9. The number of nitrogens with one attached hydrogen (secondary N) is 3. The predicted molar refractivity (Wildman–Crippen MR) is 150 cm³/mol. The molecule has 7 nitrogen and oxygen atoms in total. The van der Waals surface area contributed by atoms with Crippen LogP contribution in [0.1, 0.15) is 59.3 Å². The number of carbonyl (C=O) groups is 1. The Morgan fingerprint density at radius 3 is 2.45 bits per heavy atom. The number of Topliss-reactive ketones (excluding diaryl/α,β-unsaturated/α-hetero) is 1. The van der Waals surface area contributed by atoms with E-state index in [1.54, 1.807) is 0 Å². The average molecular weight is 521 g/mol. The third kappa shape index (κ3) is 3.90. The molecular weight excluding hydrogens is 496 g/mol. The van der Waals surface area contributed by atoms with Crippen LogP contribution in [0.5, 0.6) is 0 Å². The van der Waals surface area contributed by atoms with Gasteiger partial charge in [0, 0.05) is 28.4 Å². The fourth-order valence-corrected chi connectivity index (χ4v) is 5.69. The number of hydrogen-bond acceptors (Lipinski definition) is 6. The number of rotatable bonds is 3. The highest BCUT2D eigenvalue weighted by molar-refractivity contribution is 6.30. The largest absolute Gasteiger partial charge is 0.358 e. The number of carbonyl (C=O) groups excluding carboxylic acids is 1. The van der Waals surface area contributed by atoms with Gasteiger partial charge in [-0.25, -0.2) is 4.98 Å². The number of benzene rings is 2. The van der Waals surface area contributed by atoms with Crippen molar-refractivity contribution >= 4 is 51.5 Å². The molecule has 1 unspecified atom stereocenters. The molecule has 0 radical (unpaired) electrons. The van der Waals surface area contributed by atoms with Crippen molar-refractivity contribution in [2.75, 3.05) is 10.6 Å². The number of hydrogen-bond donors (Lipinski definition) is 3. The lowest BCUT2D eigenvalue weighted by Gasteiger charge is -2.27. The van der Waals surface area contributed by atoms with E-state index < -0.39 is 0 Å². The molecule has 3 N–H and O–H groups in total. The van der Waals surface area contributed by atoms with E-state index in [2.05, 4.69) is 51.8 Å². The second-order valence-electron chi connectivity index (χ2n) is 10.9. The molecule has 0 fully saturated rings. The summed E-state index contributed by atoms with van der Waals surface area (Å²) in [7, 11) is 0. The molecule has 0 saturated heterocycles. The molecule has 3 aliphatic rings. The van der Waals surface area contributed by atoms with Crippen molar-refractivity contribution in [1.29, 1.82) is 0 Å². The topological polar surface area (TPSA) is 95.6 Å². The van der Waals surface area contributed by atoms with E-state index in [0.717, 1.165) is 51.5 Å². The van der Waals surface area contributed by atoms with Crippen molar-refractivity contribution in [2.45, 2.75) is 32.6 Å². The van der Waals surface area contributed by atoms with Crippen molar-refractivity contribution in [2.24, 2.45) is 5.41 Å². The van der Waals surface area contributed by atoms with Gasteiger partial charge in [-0.2, -0.15) is 0 Å². The molecule has 0 spiro atoms. The first-order valence-electron chi connectivity index (χ1n) is 12.7. The zero-order valence-corrected chi connectivity index (χ0v) is 21.7. The minimum Gasteiger partial charge on any atom is -0.358 e. The third-order valence-corrected chi connectivity index (χ3v) is 7.64. The molecule has 0 saturated carbocycles. The lowest BCUT2D eigenvalue weighted by molar-refractivity contribution is 0.0912. The molecule has 7 rings (SSSR count). The van der Waals surface area contributed by atoms with Crippen LogP contribution in [-0.4, -0.2) is 25.9 Å². The number of fused-ring (bicyclic) bond motifs is 3. The molecule has 2 aromatic carbocycles. The van der Waals surface area contributed by atoms with Gasteiger partial charge in [-0.3, -0.25) is 4.79 Å². The summed E-state index contributed by atoms with van der Waals surface area (Å²) in [5, 5.41) is 16.4. The van der Waals surface area contributed by atoms with Gasteiger partial charge >= 0.3 is 0 Å². The number of para-hydroxylation sites is 2. The molecule has 0 amide bonds. The quantitative estimate of drug-likeness (QED) is 0.235. The van der Waals surface area contributed by atoms with E-state index in [9.17, 15) is 4.79 Å². The summed E-state index contributed by atoms with van der Waals surface area (Å²) in [6, 6.07) is 17.7. The first-order valence-corrected chi connectivity index (χ1v) is 13.0. The molecule has 0 bridgehead atoms. The lowest BCUT2D eigenvalue weighted by atomic mass is 9.76. The normalized spacial score (nSPS) is 18.9. The SMILES string of the molecule is CC1(C)CC(=O)c2cc(C3=CC(c4ccc(Cl)cc4)=CC3c3nnc4c(n3)Nc3ccccc3N4)[nH]c2C1. The molecular formula is C30H25ClN6O. The smallest absolute Gasteiger partial charge is 0.196 e. The Morgan fingerprint density at radius 2 is 1.68 bits per heavy atom. The number of H-pyrrole nitrogens is 1. The Hall–Kier alpha value is -4.23. The van der Waals surface area contributed by atoms with Gasteiger partial charge in [-0.15, -0.1) is 10.2 Å². The lowest BCUT2D eigenvalue weighted by Crippen LogP contribution is -2.26. The van der Waals surface area contributed by atoms with Crippen molar-refractivity contribution in [3.8, 4) is 0 Å². The fraction of sp³-hybridized carbons (Fsp3) is 0.200. The minimum atomic E-state index is -0.249. The number of halogens is 1. The number of anilines is 4. The highest BCUT2D eigenvalue weighted by Gasteiger charge is 2.35. The predicted octanol–water partition coefficient (Wildman–Crippen LogP) is 7.07. The maximum absolute atomic E-state index is 12.9. The van der Waals surface area contributed by atoms with Crippen LogP contribution in [0, 0.1) is 5.41 Å². The van der Waals surface area contributed by atoms with Crippen LogP contribution in [0.4, 0.5) is 23.0 Å². The van der Waals surface area contributed by atoms with Gasteiger partial charge < -0.3 is 15.6 Å². The number of aromatic amines is 1. The van der Waals surface area contributed by atoms with Gasteiger partial charge in [0.1, 0.15) is 0 Å². The van der Waals surface area contributed by atoms with Crippen molar-refractivity contribution in [3.05, 3.63) is 100 Å². The van der Waals surface area contributed by atoms with E-state index >= 15 is 0 Å². The highest BCUT2D eigenvalue weighted by atomic mass is 35.5. The molecule has 2 aliphatic carbocycles. The van der Waals surface area contributed by atoms with E-state index in [-0.39, 0.29) is 17.1 Å². The van der Waals surface area contributed by atoms with Crippen LogP contribution < -0.4 is 10.6 Å². The summed E-state index contributed by atoms with van der Waals surface area (Å²) in [6.45, 7) is 4.27. The van der Waals surface area contributed by atoms with E-state index in [1.165, 1.54) is 0 Å². The van der Waals surface area contributed by atoms with Gasteiger partial charge in [0.2, 0.25) is 0 Å². The van der Waals surface area contributed by atoms with Crippen LogP contribution in [0.15, 0.2) is 66.7 Å². The minimum absolute atomic E-state index is 0.0666. The summed E-state index contributed by atoms with van der Waals surface area (Å²) in [6.07, 6.45) is 5.67. The van der Waals surface area contributed by atoms with Crippen molar-refractivity contribution in [1.82, 2.24) is 20.2 Å². The molecule has 188 valence electrons. The van der Waals surface area contributed by atoms with Crippen molar-refractivity contribution < 1.29 is 4.79 Å².